The summed E-state index contributed by atoms with van der Waals surface area (Å²) in [4.78, 5) is 11.8. The first-order chi connectivity index (χ1) is 10.3. The first-order valence-electron chi connectivity index (χ1n) is 9.04. The highest BCUT2D eigenvalue weighted by molar-refractivity contribution is 5.67. The standard InChI is InChI=1S/C18H34N2O2/c1-5-9-18(10-11-18)13-20-15-8-6-7-14(15)12-19-16(21)22-17(2,3)4/h14-15,20H,5-13H2,1-4H3,(H,19,21). The lowest BCUT2D eigenvalue weighted by Gasteiger charge is -2.25. The van der Waals surface area contributed by atoms with E-state index in [-0.39, 0.29) is 6.09 Å². The van der Waals surface area contributed by atoms with Gasteiger partial charge in [0, 0.05) is 19.1 Å². The van der Waals surface area contributed by atoms with Gasteiger partial charge in [0.1, 0.15) is 5.60 Å². The first-order valence-corrected chi connectivity index (χ1v) is 9.04. The van der Waals surface area contributed by atoms with E-state index in [9.17, 15) is 4.79 Å². The van der Waals surface area contributed by atoms with Crippen LogP contribution in [0.25, 0.3) is 0 Å². The second kappa shape index (κ2) is 7.20. The second-order valence-corrected chi connectivity index (χ2v) is 8.31. The highest BCUT2D eigenvalue weighted by atomic mass is 16.6. The third-order valence-electron chi connectivity index (χ3n) is 5.04. The highest BCUT2D eigenvalue weighted by Gasteiger charge is 2.42. The van der Waals surface area contributed by atoms with Gasteiger partial charge >= 0.3 is 6.09 Å². The third-order valence-corrected chi connectivity index (χ3v) is 5.04. The van der Waals surface area contributed by atoms with Gasteiger partial charge in [-0.1, -0.05) is 19.8 Å². The number of hydrogen-bond donors (Lipinski definition) is 2. The predicted octanol–water partition coefficient (Wildman–Crippen LogP) is 3.85. The maximum absolute atomic E-state index is 11.8. The van der Waals surface area contributed by atoms with Gasteiger partial charge in [0.25, 0.3) is 0 Å². The molecule has 4 heteroatoms. The normalized spacial score (nSPS) is 26.7. The van der Waals surface area contributed by atoms with Crippen LogP contribution in [0, 0.1) is 11.3 Å². The van der Waals surface area contributed by atoms with Gasteiger partial charge in [0.2, 0.25) is 0 Å². The van der Waals surface area contributed by atoms with Crippen molar-refractivity contribution < 1.29 is 9.53 Å². The third kappa shape index (κ3) is 5.45. The Morgan fingerprint density at radius 1 is 1.27 bits per heavy atom. The Balaban J connectivity index is 1.70. The second-order valence-electron chi connectivity index (χ2n) is 8.31. The van der Waals surface area contributed by atoms with E-state index < -0.39 is 5.60 Å². The summed E-state index contributed by atoms with van der Waals surface area (Å²) < 4.78 is 5.32. The number of carbonyl (C=O) groups is 1. The van der Waals surface area contributed by atoms with Crippen LogP contribution in [-0.2, 0) is 4.74 Å². The molecule has 22 heavy (non-hydrogen) atoms. The smallest absolute Gasteiger partial charge is 0.407 e. The van der Waals surface area contributed by atoms with Crippen LogP contribution in [0.5, 0.6) is 0 Å². The zero-order chi connectivity index (χ0) is 16.2. The van der Waals surface area contributed by atoms with Crippen LogP contribution in [0.15, 0.2) is 0 Å². The molecule has 2 fully saturated rings. The molecule has 1 amide bonds. The lowest BCUT2D eigenvalue weighted by atomic mass is 9.98. The molecule has 0 aromatic rings. The van der Waals surface area contributed by atoms with E-state index in [1.165, 1.54) is 44.9 Å². The van der Waals surface area contributed by atoms with E-state index in [0.29, 0.717) is 17.4 Å². The summed E-state index contributed by atoms with van der Waals surface area (Å²) in [6.07, 6.45) is 8.84. The van der Waals surface area contributed by atoms with Gasteiger partial charge in [-0.2, -0.15) is 0 Å². The molecule has 0 saturated heterocycles. The molecular formula is C18H34N2O2. The zero-order valence-electron chi connectivity index (χ0n) is 14.8. The van der Waals surface area contributed by atoms with Crippen molar-refractivity contribution in [3.05, 3.63) is 0 Å². The Morgan fingerprint density at radius 3 is 2.59 bits per heavy atom. The maximum atomic E-state index is 11.8. The summed E-state index contributed by atoms with van der Waals surface area (Å²) in [5, 5.41) is 6.75. The fourth-order valence-electron chi connectivity index (χ4n) is 3.65. The minimum Gasteiger partial charge on any atom is -0.444 e. The highest BCUT2D eigenvalue weighted by Crippen LogP contribution is 2.49. The van der Waals surface area contributed by atoms with Gasteiger partial charge < -0.3 is 15.4 Å². The average molecular weight is 310 g/mol. The molecule has 0 heterocycles. The van der Waals surface area contributed by atoms with Gasteiger partial charge in [0.05, 0.1) is 0 Å². The Bertz CT molecular complexity index is 372. The van der Waals surface area contributed by atoms with Crippen LogP contribution in [0.1, 0.15) is 72.6 Å². The van der Waals surface area contributed by atoms with Crippen molar-refractivity contribution >= 4 is 6.09 Å². The molecule has 2 rings (SSSR count). The van der Waals surface area contributed by atoms with Crippen LogP contribution in [0.2, 0.25) is 0 Å². The minimum absolute atomic E-state index is 0.289. The number of ether oxygens (including phenoxy) is 1. The molecule has 0 spiro atoms. The van der Waals surface area contributed by atoms with Gasteiger partial charge in [0.15, 0.2) is 0 Å². The minimum atomic E-state index is -0.421. The lowest BCUT2D eigenvalue weighted by molar-refractivity contribution is 0.0517. The Hall–Kier alpha value is -0.770. The molecule has 0 aromatic carbocycles. The topological polar surface area (TPSA) is 50.4 Å². The molecule has 0 radical (unpaired) electrons. The monoisotopic (exact) mass is 310 g/mol. The first kappa shape index (κ1) is 17.6. The van der Waals surface area contributed by atoms with Crippen LogP contribution in [0.4, 0.5) is 4.79 Å². The number of nitrogens with one attached hydrogen (secondary N) is 2. The number of hydrogen-bond acceptors (Lipinski definition) is 3. The van der Waals surface area contributed by atoms with E-state index in [1.807, 2.05) is 20.8 Å². The number of amides is 1. The summed E-state index contributed by atoms with van der Waals surface area (Å²) in [5.41, 5.74) is 0.177. The average Bonchev–Trinajstić information content (AvgIpc) is 3.02. The molecule has 128 valence electrons. The molecule has 2 aliphatic rings. The summed E-state index contributed by atoms with van der Waals surface area (Å²) in [7, 11) is 0. The van der Waals surface area contributed by atoms with Crippen molar-refractivity contribution in [3.63, 3.8) is 0 Å². The summed E-state index contributed by atoms with van der Waals surface area (Å²) in [6, 6.07) is 0.560. The fourth-order valence-corrected chi connectivity index (χ4v) is 3.65. The van der Waals surface area contributed by atoms with Crippen LogP contribution < -0.4 is 10.6 Å². The fraction of sp³-hybridized carbons (Fsp3) is 0.944. The van der Waals surface area contributed by atoms with Crippen molar-refractivity contribution in [2.45, 2.75) is 84.3 Å². The summed E-state index contributed by atoms with van der Waals surface area (Å²) >= 11 is 0. The van der Waals surface area contributed by atoms with Gasteiger partial charge in [-0.15, -0.1) is 0 Å². The Kier molecular flexibility index (Phi) is 5.76. The molecule has 4 nitrogen and oxygen atoms in total. The molecule has 2 aliphatic carbocycles. The maximum Gasteiger partial charge on any atom is 0.407 e. The Morgan fingerprint density at radius 2 is 2.00 bits per heavy atom. The van der Waals surface area contributed by atoms with E-state index in [1.54, 1.807) is 0 Å². The predicted molar refractivity (Wildman–Crippen MR) is 89.9 cm³/mol. The van der Waals surface area contributed by atoms with E-state index in [0.717, 1.165) is 13.1 Å². The van der Waals surface area contributed by atoms with E-state index >= 15 is 0 Å². The van der Waals surface area contributed by atoms with Crippen molar-refractivity contribution in [2.75, 3.05) is 13.1 Å². The molecular weight excluding hydrogens is 276 g/mol. The zero-order valence-corrected chi connectivity index (χ0v) is 14.8. The number of rotatable bonds is 7. The van der Waals surface area contributed by atoms with Crippen molar-refractivity contribution in [1.82, 2.24) is 10.6 Å². The Labute approximate surface area is 135 Å². The number of alkyl carbamates (subject to hydrolysis) is 1. The van der Waals surface area contributed by atoms with Gasteiger partial charge in [-0.05, 0) is 64.2 Å². The van der Waals surface area contributed by atoms with Crippen LogP contribution in [-0.4, -0.2) is 30.8 Å². The molecule has 2 N–H and O–H groups in total. The lowest BCUT2D eigenvalue weighted by Crippen LogP contribution is -2.42. The van der Waals surface area contributed by atoms with Gasteiger partial charge in [-0.25, -0.2) is 4.79 Å². The SMILES string of the molecule is CCCC1(CNC2CCCC2CNC(=O)OC(C)(C)C)CC1. The quantitative estimate of drug-likeness (QED) is 0.751. The summed E-state index contributed by atoms with van der Waals surface area (Å²) in [5.74, 6) is 0.546. The molecule has 0 aromatic heterocycles. The molecule has 0 aliphatic heterocycles. The van der Waals surface area contributed by atoms with Crippen molar-refractivity contribution in [1.29, 1.82) is 0 Å². The van der Waals surface area contributed by atoms with E-state index in [2.05, 4.69) is 17.6 Å². The largest absolute Gasteiger partial charge is 0.444 e. The summed E-state index contributed by atoms with van der Waals surface area (Å²) in [6.45, 7) is 9.87. The van der Waals surface area contributed by atoms with Gasteiger partial charge in [-0.3, -0.25) is 0 Å². The molecule has 2 atom stereocenters. The number of carbonyl (C=O) groups excluding carboxylic acids is 1. The van der Waals surface area contributed by atoms with Crippen LogP contribution in [0.3, 0.4) is 0 Å². The molecule has 2 saturated carbocycles. The van der Waals surface area contributed by atoms with Crippen molar-refractivity contribution in [3.8, 4) is 0 Å². The van der Waals surface area contributed by atoms with Crippen molar-refractivity contribution in [2.24, 2.45) is 11.3 Å². The van der Waals surface area contributed by atoms with E-state index in [4.69, 9.17) is 4.74 Å². The molecule has 0 bridgehead atoms. The van der Waals surface area contributed by atoms with Crippen LogP contribution >= 0.6 is 0 Å². The molecule has 2 unspecified atom stereocenters.